The van der Waals surface area contributed by atoms with Gasteiger partial charge in [-0.2, -0.15) is 0 Å². The van der Waals surface area contributed by atoms with Crippen molar-refractivity contribution in [2.24, 2.45) is 5.41 Å². The summed E-state index contributed by atoms with van der Waals surface area (Å²) in [4.78, 5) is 0. The highest BCUT2D eigenvalue weighted by molar-refractivity contribution is 9.10. The second-order valence-electron chi connectivity index (χ2n) is 4.19. The average Bonchev–Trinajstić information content (AvgIpc) is 3.08. The van der Waals surface area contributed by atoms with Gasteiger partial charge in [0.2, 0.25) is 0 Å². The number of methoxy groups -OCH3 is 1. The summed E-state index contributed by atoms with van der Waals surface area (Å²) < 4.78 is 12.1. The van der Waals surface area contributed by atoms with Gasteiger partial charge in [-0.15, -0.1) is 0 Å². The molecular weight excluding hydrogens is 336 g/mol. The molecule has 0 spiro atoms. The molecule has 0 bridgehead atoms. The fraction of sp³-hybridized carbons (Fsp3) is 0.500. The summed E-state index contributed by atoms with van der Waals surface area (Å²) in [6, 6.07) is 5.81. The van der Waals surface area contributed by atoms with Gasteiger partial charge in [-0.25, -0.2) is 0 Å². The Morgan fingerprint density at radius 1 is 1.38 bits per heavy atom. The third-order valence-electron chi connectivity index (χ3n) is 2.91. The van der Waals surface area contributed by atoms with Gasteiger partial charge in [0.25, 0.3) is 0 Å². The van der Waals surface area contributed by atoms with Crippen LogP contribution in [-0.4, -0.2) is 19.0 Å². The SMILES string of the molecule is COc1cccc(Br)c1OCC1(CBr)CC1. The molecule has 1 aromatic rings. The molecule has 4 heteroatoms. The summed E-state index contributed by atoms with van der Waals surface area (Å²) >= 11 is 7.02. The Balaban J connectivity index is 2.08. The lowest BCUT2D eigenvalue weighted by Gasteiger charge is -2.16. The molecule has 1 aromatic carbocycles. The number of hydrogen-bond acceptors (Lipinski definition) is 2. The molecule has 0 atom stereocenters. The molecule has 2 rings (SSSR count). The van der Waals surface area contributed by atoms with Crippen molar-refractivity contribution in [3.05, 3.63) is 22.7 Å². The molecule has 0 radical (unpaired) electrons. The Hall–Kier alpha value is -0.220. The van der Waals surface area contributed by atoms with Crippen LogP contribution >= 0.6 is 31.9 Å². The highest BCUT2D eigenvalue weighted by Crippen LogP contribution is 2.48. The molecule has 1 aliphatic rings. The lowest BCUT2D eigenvalue weighted by atomic mass is 10.2. The fourth-order valence-electron chi connectivity index (χ4n) is 1.51. The number of hydrogen-bond donors (Lipinski definition) is 0. The van der Waals surface area contributed by atoms with Gasteiger partial charge in [0.15, 0.2) is 11.5 Å². The topological polar surface area (TPSA) is 18.5 Å². The standard InChI is InChI=1S/C12H14Br2O2/c1-15-10-4-2-3-9(14)11(10)16-8-12(7-13)5-6-12/h2-4H,5-8H2,1H3. The van der Waals surface area contributed by atoms with Crippen molar-refractivity contribution in [2.75, 3.05) is 19.0 Å². The van der Waals surface area contributed by atoms with Crippen LogP contribution in [0, 0.1) is 5.41 Å². The predicted octanol–water partition coefficient (Wildman–Crippen LogP) is 4.01. The number of benzene rings is 1. The van der Waals surface area contributed by atoms with Crippen molar-refractivity contribution in [2.45, 2.75) is 12.8 Å². The maximum absolute atomic E-state index is 5.88. The number of halogens is 2. The van der Waals surface area contributed by atoms with Crippen LogP contribution in [0.1, 0.15) is 12.8 Å². The van der Waals surface area contributed by atoms with Crippen LogP contribution < -0.4 is 9.47 Å². The Labute approximate surface area is 113 Å². The predicted molar refractivity (Wildman–Crippen MR) is 71.7 cm³/mol. The highest BCUT2D eigenvalue weighted by Gasteiger charge is 2.42. The molecule has 1 saturated carbocycles. The smallest absolute Gasteiger partial charge is 0.175 e. The Bertz CT molecular complexity index is 375. The van der Waals surface area contributed by atoms with Gasteiger partial charge < -0.3 is 9.47 Å². The number of rotatable bonds is 5. The van der Waals surface area contributed by atoms with Crippen molar-refractivity contribution in [3.63, 3.8) is 0 Å². The molecule has 0 aromatic heterocycles. The largest absolute Gasteiger partial charge is 0.493 e. The van der Waals surface area contributed by atoms with Crippen molar-refractivity contribution in [3.8, 4) is 11.5 Å². The highest BCUT2D eigenvalue weighted by atomic mass is 79.9. The first kappa shape index (κ1) is 12.2. The van der Waals surface area contributed by atoms with Gasteiger partial charge >= 0.3 is 0 Å². The molecule has 88 valence electrons. The van der Waals surface area contributed by atoms with Crippen molar-refractivity contribution in [1.82, 2.24) is 0 Å². The molecule has 2 nitrogen and oxygen atoms in total. The lowest BCUT2D eigenvalue weighted by molar-refractivity contribution is 0.238. The van der Waals surface area contributed by atoms with Crippen molar-refractivity contribution < 1.29 is 9.47 Å². The van der Waals surface area contributed by atoms with Crippen LogP contribution in [0.4, 0.5) is 0 Å². The maximum Gasteiger partial charge on any atom is 0.175 e. The van der Waals surface area contributed by atoms with Gasteiger partial charge in [-0.05, 0) is 40.9 Å². The van der Waals surface area contributed by atoms with E-state index in [2.05, 4.69) is 31.9 Å². The number of ether oxygens (including phenoxy) is 2. The summed E-state index contributed by atoms with van der Waals surface area (Å²) in [5.74, 6) is 1.58. The van der Waals surface area contributed by atoms with E-state index in [0.717, 1.165) is 27.9 Å². The molecule has 0 saturated heterocycles. The molecule has 0 amide bonds. The molecule has 1 fully saturated rings. The van der Waals surface area contributed by atoms with Gasteiger partial charge in [0.05, 0.1) is 18.2 Å². The van der Waals surface area contributed by atoms with E-state index in [1.807, 2.05) is 18.2 Å². The van der Waals surface area contributed by atoms with Crippen LogP contribution in [0.5, 0.6) is 11.5 Å². The van der Waals surface area contributed by atoms with E-state index in [9.17, 15) is 0 Å². The first-order chi connectivity index (χ1) is 7.71. The Morgan fingerprint density at radius 3 is 2.69 bits per heavy atom. The first-order valence-corrected chi connectivity index (χ1v) is 7.13. The lowest BCUT2D eigenvalue weighted by Crippen LogP contribution is -2.14. The second-order valence-corrected chi connectivity index (χ2v) is 5.61. The van der Waals surface area contributed by atoms with E-state index in [1.54, 1.807) is 7.11 Å². The van der Waals surface area contributed by atoms with Gasteiger partial charge in [0.1, 0.15) is 0 Å². The van der Waals surface area contributed by atoms with Gasteiger partial charge in [0, 0.05) is 10.7 Å². The fourth-order valence-corrected chi connectivity index (χ4v) is 2.69. The van der Waals surface area contributed by atoms with Gasteiger partial charge in [-0.1, -0.05) is 22.0 Å². The van der Waals surface area contributed by atoms with E-state index >= 15 is 0 Å². The number of alkyl halides is 1. The molecule has 0 heterocycles. The Morgan fingerprint density at radius 2 is 2.12 bits per heavy atom. The molecule has 0 aliphatic heterocycles. The summed E-state index contributed by atoms with van der Waals surface area (Å²) in [6.07, 6.45) is 2.48. The minimum absolute atomic E-state index is 0.348. The molecule has 0 unspecified atom stereocenters. The Kier molecular flexibility index (Phi) is 3.80. The van der Waals surface area contributed by atoms with E-state index in [0.29, 0.717) is 5.41 Å². The van der Waals surface area contributed by atoms with Crippen LogP contribution in [0.25, 0.3) is 0 Å². The third kappa shape index (κ3) is 2.54. The first-order valence-electron chi connectivity index (χ1n) is 5.22. The molecule has 1 aliphatic carbocycles. The van der Waals surface area contributed by atoms with Crippen molar-refractivity contribution in [1.29, 1.82) is 0 Å². The normalized spacial score (nSPS) is 16.9. The number of para-hydroxylation sites is 1. The van der Waals surface area contributed by atoms with E-state index in [-0.39, 0.29) is 0 Å². The zero-order chi connectivity index (χ0) is 11.6. The summed E-state index contributed by atoms with van der Waals surface area (Å²) in [5.41, 5.74) is 0.348. The zero-order valence-corrected chi connectivity index (χ0v) is 12.3. The minimum Gasteiger partial charge on any atom is -0.493 e. The molecule has 0 N–H and O–H groups in total. The maximum atomic E-state index is 5.88. The van der Waals surface area contributed by atoms with Crippen LogP contribution in [0.15, 0.2) is 22.7 Å². The van der Waals surface area contributed by atoms with E-state index < -0.39 is 0 Å². The second kappa shape index (κ2) is 4.96. The van der Waals surface area contributed by atoms with E-state index in [1.165, 1.54) is 12.8 Å². The summed E-state index contributed by atoms with van der Waals surface area (Å²) in [6.45, 7) is 0.747. The van der Waals surface area contributed by atoms with Crippen LogP contribution in [-0.2, 0) is 0 Å². The van der Waals surface area contributed by atoms with Crippen LogP contribution in [0.3, 0.4) is 0 Å². The van der Waals surface area contributed by atoms with Crippen molar-refractivity contribution >= 4 is 31.9 Å². The third-order valence-corrected chi connectivity index (χ3v) is 4.73. The average molecular weight is 350 g/mol. The quantitative estimate of drug-likeness (QED) is 0.748. The monoisotopic (exact) mass is 348 g/mol. The minimum atomic E-state index is 0.348. The van der Waals surface area contributed by atoms with E-state index in [4.69, 9.17) is 9.47 Å². The van der Waals surface area contributed by atoms with Crippen LogP contribution in [0.2, 0.25) is 0 Å². The molecular formula is C12H14Br2O2. The summed E-state index contributed by atoms with van der Waals surface area (Å²) in [7, 11) is 1.66. The molecule has 16 heavy (non-hydrogen) atoms. The summed E-state index contributed by atoms with van der Waals surface area (Å²) in [5, 5.41) is 1.01. The van der Waals surface area contributed by atoms with Gasteiger partial charge in [-0.3, -0.25) is 0 Å². The zero-order valence-electron chi connectivity index (χ0n) is 9.13.